The largest absolute Gasteiger partial charge is 0.754 e. The van der Waals surface area contributed by atoms with Gasteiger partial charge in [-0.05, 0) is 12.8 Å². The number of hydrogen-bond acceptors (Lipinski definition) is 5. The molecule has 0 aliphatic carbocycles. The highest BCUT2D eigenvalue weighted by atomic mass is 16.5. The molecule has 0 aliphatic heterocycles. The first-order valence-corrected chi connectivity index (χ1v) is 7.45. The molecule has 0 saturated heterocycles. The zero-order chi connectivity index (χ0) is 14.8. The predicted molar refractivity (Wildman–Crippen MR) is 80.6 cm³/mol. The third-order valence-corrected chi connectivity index (χ3v) is 3.00. The molecule has 1 rings (SSSR count). The molecule has 0 aromatic carbocycles. The van der Waals surface area contributed by atoms with Gasteiger partial charge in [-0.25, -0.2) is 4.73 Å². The summed E-state index contributed by atoms with van der Waals surface area (Å²) in [5.74, 6) is 0.717. The minimum Gasteiger partial charge on any atom is -0.754 e. The Morgan fingerprint density at radius 1 is 1.25 bits per heavy atom. The van der Waals surface area contributed by atoms with Crippen molar-refractivity contribution in [3.63, 3.8) is 0 Å². The van der Waals surface area contributed by atoms with Crippen LogP contribution in [0.3, 0.4) is 0 Å². The summed E-state index contributed by atoms with van der Waals surface area (Å²) in [5, 5.41) is 14.9. The average molecular weight is 282 g/mol. The molecule has 0 unspecified atom stereocenters. The maximum absolute atomic E-state index is 11.8. The molecule has 1 aromatic heterocycles. The smallest absolute Gasteiger partial charge is 0.347 e. The van der Waals surface area contributed by atoms with E-state index >= 15 is 0 Å². The minimum absolute atomic E-state index is 0.0879. The van der Waals surface area contributed by atoms with E-state index in [4.69, 9.17) is 10.5 Å². The molecule has 0 spiro atoms. The van der Waals surface area contributed by atoms with Gasteiger partial charge in [-0.2, -0.15) is 0 Å². The molecule has 0 bridgehead atoms. The van der Waals surface area contributed by atoms with Crippen LogP contribution in [0.1, 0.15) is 52.4 Å². The van der Waals surface area contributed by atoms with E-state index in [1.807, 2.05) is 0 Å². The Morgan fingerprint density at radius 3 is 2.70 bits per heavy atom. The molecule has 0 fully saturated rings. The Balaban J connectivity index is 2.54. The quantitative estimate of drug-likeness (QED) is 0.391. The summed E-state index contributed by atoms with van der Waals surface area (Å²) in [7, 11) is 0. The average Bonchev–Trinajstić information content (AvgIpc) is 2.43. The van der Waals surface area contributed by atoms with Crippen LogP contribution in [-0.2, 0) is 0 Å². The number of unbranched alkanes of at least 4 members (excludes halogenated alkanes) is 4. The first-order chi connectivity index (χ1) is 9.69. The fraction of sp³-hybridized carbons (Fsp3) is 0.714. The lowest BCUT2D eigenvalue weighted by molar-refractivity contribution is -0.577. The molecule has 6 nitrogen and oxygen atoms in total. The number of nitrogens with two attached hydrogens (primary N) is 1. The van der Waals surface area contributed by atoms with E-state index in [0.29, 0.717) is 23.0 Å². The molecule has 3 N–H and O–H groups in total. The third-order valence-electron chi connectivity index (χ3n) is 3.00. The highest BCUT2D eigenvalue weighted by Gasteiger charge is 2.11. The monoisotopic (exact) mass is 282 g/mol. The molecule has 0 aliphatic rings. The first kappa shape index (κ1) is 16.3. The number of aromatic nitrogens is 2. The van der Waals surface area contributed by atoms with E-state index in [-0.39, 0.29) is 5.95 Å². The Morgan fingerprint density at radius 2 is 2.00 bits per heavy atom. The summed E-state index contributed by atoms with van der Waals surface area (Å²) in [6.07, 6.45) is 6.59. The van der Waals surface area contributed by atoms with Crippen molar-refractivity contribution in [2.75, 3.05) is 24.2 Å². The number of anilines is 2. The molecular formula is C14H26N4O2. The van der Waals surface area contributed by atoms with Crippen LogP contribution in [0.2, 0.25) is 0 Å². The van der Waals surface area contributed by atoms with Crippen LogP contribution in [0, 0.1) is 5.21 Å². The lowest BCUT2D eigenvalue weighted by Gasteiger charge is -2.14. The number of hydrogen-bond donors (Lipinski definition) is 2. The highest BCUT2D eigenvalue weighted by molar-refractivity contribution is 5.36. The number of ether oxygens (including phenoxy) is 1. The van der Waals surface area contributed by atoms with Crippen LogP contribution in [-0.4, -0.2) is 18.1 Å². The molecule has 0 amide bonds. The molecule has 0 radical (unpaired) electrons. The van der Waals surface area contributed by atoms with Crippen LogP contribution in [0.4, 0.5) is 11.8 Å². The SMILES string of the molecule is CCCCCCNc1cc(OCCCC)nc(N)[n+]1[O-]. The van der Waals surface area contributed by atoms with Gasteiger partial charge in [0.2, 0.25) is 5.82 Å². The van der Waals surface area contributed by atoms with E-state index < -0.39 is 0 Å². The fourth-order valence-corrected chi connectivity index (χ4v) is 1.78. The van der Waals surface area contributed by atoms with Gasteiger partial charge in [-0.1, -0.05) is 44.5 Å². The Labute approximate surface area is 120 Å². The van der Waals surface area contributed by atoms with Crippen LogP contribution in [0.25, 0.3) is 0 Å². The van der Waals surface area contributed by atoms with Gasteiger partial charge in [-0.3, -0.25) is 0 Å². The van der Waals surface area contributed by atoms with Gasteiger partial charge < -0.3 is 21.0 Å². The standard InChI is InChI=1S/C14H26N4O2/c1-3-5-7-8-9-16-12-11-13(20-10-6-4-2)17-14(15)18(12)19/h11,16H,3-10H2,1-2H3,(H2,15,17). The molecular weight excluding hydrogens is 256 g/mol. The zero-order valence-electron chi connectivity index (χ0n) is 12.5. The van der Waals surface area contributed by atoms with Gasteiger partial charge in [-0.15, -0.1) is 0 Å². The molecule has 114 valence electrons. The second-order valence-corrected chi connectivity index (χ2v) is 4.82. The van der Waals surface area contributed by atoms with Crippen molar-refractivity contribution in [1.29, 1.82) is 0 Å². The molecule has 0 atom stereocenters. The summed E-state index contributed by atoms with van der Waals surface area (Å²) < 4.78 is 6.09. The topological polar surface area (TPSA) is 87.1 Å². The number of nitrogens with one attached hydrogen (secondary N) is 1. The van der Waals surface area contributed by atoms with E-state index in [1.165, 1.54) is 12.8 Å². The van der Waals surface area contributed by atoms with Crippen molar-refractivity contribution >= 4 is 11.8 Å². The zero-order valence-corrected chi connectivity index (χ0v) is 12.5. The summed E-state index contributed by atoms with van der Waals surface area (Å²) in [6.45, 7) is 5.59. The maximum atomic E-state index is 11.8. The Bertz CT molecular complexity index is 399. The molecule has 1 aromatic rings. The van der Waals surface area contributed by atoms with Crippen LogP contribution in [0.5, 0.6) is 5.88 Å². The van der Waals surface area contributed by atoms with Crippen LogP contribution >= 0.6 is 0 Å². The Kier molecular flexibility index (Phi) is 7.54. The minimum atomic E-state index is -0.0879. The first-order valence-electron chi connectivity index (χ1n) is 7.45. The highest BCUT2D eigenvalue weighted by Crippen LogP contribution is 2.13. The second kappa shape index (κ2) is 9.23. The fourth-order valence-electron chi connectivity index (χ4n) is 1.78. The number of nitrogens with zero attached hydrogens (tertiary/aromatic N) is 2. The van der Waals surface area contributed by atoms with Gasteiger partial charge in [0.15, 0.2) is 0 Å². The van der Waals surface area contributed by atoms with E-state index in [2.05, 4.69) is 24.1 Å². The van der Waals surface area contributed by atoms with Gasteiger partial charge in [0, 0.05) is 6.54 Å². The van der Waals surface area contributed by atoms with Crippen molar-refractivity contribution in [2.24, 2.45) is 0 Å². The van der Waals surface area contributed by atoms with Gasteiger partial charge >= 0.3 is 5.95 Å². The normalized spacial score (nSPS) is 10.5. The Hall–Kier alpha value is -1.72. The van der Waals surface area contributed by atoms with Gasteiger partial charge in [0.1, 0.15) is 0 Å². The third kappa shape index (κ3) is 5.50. The van der Waals surface area contributed by atoms with Crippen molar-refractivity contribution < 1.29 is 9.47 Å². The van der Waals surface area contributed by atoms with Crippen LogP contribution < -0.4 is 20.5 Å². The molecule has 20 heavy (non-hydrogen) atoms. The lowest BCUT2D eigenvalue weighted by atomic mass is 10.2. The van der Waals surface area contributed by atoms with Gasteiger partial charge in [0.25, 0.3) is 5.88 Å². The number of nitrogen functional groups attached to an aromatic ring is 1. The molecule has 6 heteroatoms. The van der Waals surface area contributed by atoms with Crippen molar-refractivity contribution in [1.82, 2.24) is 4.98 Å². The van der Waals surface area contributed by atoms with Gasteiger partial charge in [0.05, 0.1) is 12.7 Å². The molecule has 1 heterocycles. The van der Waals surface area contributed by atoms with E-state index in [1.54, 1.807) is 6.07 Å². The lowest BCUT2D eigenvalue weighted by Crippen LogP contribution is -2.36. The molecule has 0 saturated carbocycles. The summed E-state index contributed by atoms with van der Waals surface area (Å²) in [6, 6.07) is 1.61. The number of rotatable bonds is 10. The summed E-state index contributed by atoms with van der Waals surface area (Å²) in [4.78, 5) is 3.93. The van der Waals surface area contributed by atoms with Crippen LogP contribution in [0.15, 0.2) is 6.07 Å². The maximum Gasteiger partial charge on any atom is 0.347 e. The summed E-state index contributed by atoms with van der Waals surface area (Å²) >= 11 is 0. The van der Waals surface area contributed by atoms with E-state index in [0.717, 1.165) is 32.2 Å². The van der Waals surface area contributed by atoms with Crippen molar-refractivity contribution in [2.45, 2.75) is 52.4 Å². The predicted octanol–water partition coefficient (Wildman–Crippen LogP) is 2.47. The van der Waals surface area contributed by atoms with E-state index in [9.17, 15) is 5.21 Å². The summed E-state index contributed by atoms with van der Waals surface area (Å²) in [5.41, 5.74) is 5.60. The second-order valence-electron chi connectivity index (χ2n) is 4.82. The van der Waals surface area contributed by atoms with Crippen molar-refractivity contribution in [3.8, 4) is 5.88 Å². The van der Waals surface area contributed by atoms with Crippen molar-refractivity contribution in [3.05, 3.63) is 11.3 Å².